The minimum atomic E-state index is -1.69. The molecule has 1 atom stereocenters. The Balaban J connectivity index is 1.85. The van der Waals surface area contributed by atoms with Gasteiger partial charge in [-0.25, -0.2) is 0 Å². The molecule has 0 saturated heterocycles. The SMILES string of the molecule is COc1ccc(CNC[C@H](O[Si](C)(C)C(C)(C)C)C2CC2)cc1. The topological polar surface area (TPSA) is 30.5 Å². The zero-order valence-corrected chi connectivity index (χ0v) is 16.6. The molecule has 1 N–H and O–H groups in total. The van der Waals surface area contributed by atoms with E-state index < -0.39 is 8.32 Å². The van der Waals surface area contributed by atoms with Gasteiger partial charge in [0.2, 0.25) is 0 Å². The molecular weight excluding hydrogens is 302 g/mol. The molecule has 0 heterocycles. The van der Waals surface area contributed by atoms with E-state index in [2.05, 4.69) is 51.3 Å². The predicted molar refractivity (Wildman–Crippen MR) is 99.5 cm³/mol. The van der Waals surface area contributed by atoms with Gasteiger partial charge in [0.05, 0.1) is 13.2 Å². The normalized spacial score (nSPS) is 17.1. The Hall–Kier alpha value is -0.843. The smallest absolute Gasteiger partial charge is 0.192 e. The number of hydrogen-bond donors (Lipinski definition) is 1. The van der Waals surface area contributed by atoms with Gasteiger partial charge in [0.25, 0.3) is 0 Å². The van der Waals surface area contributed by atoms with Crippen molar-refractivity contribution in [1.82, 2.24) is 5.32 Å². The maximum atomic E-state index is 6.66. The van der Waals surface area contributed by atoms with E-state index >= 15 is 0 Å². The Morgan fingerprint density at radius 3 is 2.26 bits per heavy atom. The molecule has 23 heavy (non-hydrogen) atoms. The van der Waals surface area contributed by atoms with Crippen LogP contribution in [-0.4, -0.2) is 28.1 Å². The van der Waals surface area contributed by atoms with Gasteiger partial charge in [-0.05, 0) is 54.6 Å². The lowest BCUT2D eigenvalue weighted by Crippen LogP contribution is -2.47. The molecule has 0 aromatic heterocycles. The van der Waals surface area contributed by atoms with Gasteiger partial charge in [0, 0.05) is 13.1 Å². The molecule has 1 aliphatic rings. The number of nitrogens with one attached hydrogen (secondary N) is 1. The average molecular weight is 336 g/mol. The maximum absolute atomic E-state index is 6.66. The van der Waals surface area contributed by atoms with Crippen molar-refractivity contribution < 1.29 is 9.16 Å². The molecule has 0 unspecified atom stereocenters. The minimum Gasteiger partial charge on any atom is -0.497 e. The highest BCUT2D eigenvalue weighted by Crippen LogP contribution is 2.41. The first-order valence-corrected chi connectivity index (χ1v) is 11.7. The van der Waals surface area contributed by atoms with Gasteiger partial charge in [-0.15, -0.1) is 0 Å². The first-order valence-electron chi connectivity index (χ1n) is 8.74. The quantitative estimate of drug-likeness (QED) is 0.705. The monoisotopic (exact) mass is 335 g/mol. The zero-order valence-electron chi connectivity index (χ0n) is 15.6. The fourth-order valence-corrected chi connectivity index (χ4v) is 3.82. The van der Waals surface area contributed by atoms with E-state index in [9.17, 15) is 0 Å². The number of rotatable bonds is 8. The van der Waals surface area contributed by atoms with Crippen molar-refractivity contribution in [3.63, 3.8) is 0 Å². The number of ether oxygens (including phenoxy) is 1. The third-order valence-corrected chi connectivity index (χ3v) is 9.74. The molecule has 1 aromatic carbocycles. The summed E-state index contributed by atoms with van der Waals surface area (Å²) < 4.78 is 11.9. The van der Waals surface area contributed by atoms with Crippen molar-refractivity contribution in [2.75, 3.05) is 13.7 Å². The predicted octanol–water partition coefficient (Wildman–Crippen LogP) is 4.59. The molecule has 2 rings (SSSR count). The molecule has 1 fully saturated rings. The Bertz CT molecular complexity index is 489. The molecule has 0 bridgehead atoms. The van der Waals surface area contributed by atoms with Gasteiger partial charge in [0.15, 0.2) is 8.32 Å². The molecule has 130 valence electrons. The van der Waals surface area contributed by atoms with Crippen LogP contribution in [0.3, 0.4) is 0 Å². The van der Waals surface area contributed by atoms with Crippen molar-refractivity contribution in [2.45, 2.75) is 64.4 Å². The molecule has 1 aliphatic carbocycles. The van der Waals surface area contributed by atoms with Gasteiger partial charge in [-0.3, -0.25) is 0 Å². The second-order valence-corrected chi connectivity index (χ2v) is 13.0. The minimum absolute atomic E-state index is 0.274. The molecular formula is C19H33NO2Si. The summed E-state index contributed by atoms with van der Waals surface area (Å²) in [4.78, 5) is 0. The van der Waals surface area contributed by atoms with Gasteiger partial charge in [-0.1, -0.05) is 32.9 Å². The highest BCUT2D eigenvalue weighted by atomic mass is 28.4. The lowest BCUT2D eigenvalue weighted by molar-refractivity contribution is 0.155. The molecule has 4 heteroatoms. The third-order valence-electron chi connectivity index (χ3n) is 5.23. The fraction of sp³-hybridized carbons (Fsp3) is 0.684. The molecule has 0 spiro atoms. The van der Waals surface area contributed by atoms with Crippen LogP contribution in [0.15, 0.2) is 24.3 Å². The zero-order chi connectivity index (χ0) is 17.1. The second kappa shape index (κ2) is 7.37. The highest BCUT2D eigenvalue weighted by Gasteiger charge is 2.42. The summed E-state index contributed by atoms with van der Waals surface area (Å²) in [5.41, 5.74) is 1.28. The van der Waals surface area contributed by atoms with Crippen molar-refractivity contribution >= 4 is 8.32 Å². The molecule has 1 saturated carbocycles. The number of methoxy groups -OCH3 is 1. The largest absolute Gasteiger partial charge is 0.497 e. The maximum Gasteiger partial charge on any atom is 0.192 e. The Kier molecular flexibility index (Phi) is 5.92. The summed E-state index contributed by atoms with van der Waals surface area (Å²) in [5, 5.41) is 3.86. The summed E-state index contributed by atoms with van der Waals surface area (Å²) in [5.74, 6) is 1.67. The summed E-state index contributed by atoms with van der Waals surface area (Å²) >= 11 is 0. The molecule has 0 amide bonds. The Morgan fingerprint density at radius 2 is 1.78 bits per heavy atom. The lowest BCUT2D eigenvalue weighted by atomic mass is 10.2. The van der Waals surface area contributed by atoms with Gasteiger partial charge < -0.3 is 14.5 Å². The summed E-state index contributed by atoms with van der Waals surface area (Å²) in [6, 6.07) is 8.27. The fourth-order valence-electron chi connectivity index (χ4n) is 2.43. The van der Waals surface area contributed by atoms with Gasteiger partial charge in [-0.2, -0.15) is 0 Å². The number of hydrogen-bond acceptors (Lipinski definition) is 3. The standard InChI is InChI=1S/C19H33NO2Si/c1-19(2,3)23(5,6)22-18(16-9-10-16)14-20-13-15-7-11-17(21-4)12-8-15/h7-8,11-12,16,18,20H,9-10,13-14H2,1-6H3/t18-/m0/s1. The van der Waals surface area contributed by atoms with Crippen LogP contribution in [0.1, 0.15) is 39.2 Å². The molecule has 0 aliphatic heterocycles. The van der Waals surface area contributed by atoms with Crippen LogP contribution in [0.5, 0.6) is 5.75 Å². The van der Waals surface area contributed by atoms with Crippen LogP contribution in [-0.2, 0) is 11.0 Å². The Labute approximate surface area is 142 Å². The molecule has 0 radical (unpaired) electrons. The first kappa shape index (κ1) is 18.5. The summed E-state index contributed by atoms with van der Waals surface area (Å²) in [6.45, 7) is 13.5. The van der Waals surface area contributed by atoms with E-state index in [0.29, 0.717) is 6.10 Å². The van der Waals surface area contributed by atoms with E-state index in [-0.39, 0.29) is 5.04 Å². The third kappa shape index (κ3) is 5.33. The van der Waals surface area contributed by atoms with Crippen LogP contribution < -0.4 is 10.1 Å². The second-order valence-electron chi connectivity index (χ2n) is 8.23. The van der Waals surface area contributed by atoms with Crippen molar-refractivity contribution in [3.8, 4) is 5.75 Å². The molecule has 3 nitrogen and oxygen atoms in total. The van der Waals surface area contributed by atoms with Crippen LogP contribution in [0.4, 0.5) is 0 Å². The van der Waals surface area contributed by atoms with E-state index in [1.54, 1.807) is 7.11 Å². The number of benzene rings is 1. The van der Waals surface area contributed by atoms with Crippen molar-refractivity contribution in [2.24, 2.45) is 5.92 Å². The van der Waals surface area contributed by atoms with E-state index in [0.717, 1.165) is 24.8 Å². The first-order chi connectivity index (χ1) is 10.7. The highest BCUT2D eigenvalue weighted by molar-refractivity contribution is 6.74. The van der Waals surface area contributed by atoms with Crippen molar-refractivity contribution in [3.05, 3.63) is 29.8 Å². The van der Waals surface area contributed by atoms with Crippen LogP contribution in [0.2, 0.25) is 18.1 Å². The van der Waals surface area contributed by atoms with E-state index in [4.69, 9.17) is 9.16 Å². The van der Waals surface area contributed by atoms with Crippen LogP contribution in [0.25, 0.3) is 0 Å². The summed E-state index contributed by atoms with van der Waals surface area (Å²) in [6.07, 6.45) is 3.02. The Morgan fingerprint density at radius 1 is 1.17 bits per heavy atom. The van der Waals surface area contributed by atoms with Gasteiger partial charge >= 0.3 is 0 Å². The average Bonchev–Trinajstić information content (AvgIpc) is 3.30. The van der Waals surface area contributed by atoms with Crippen LogP contribution >= 0.6 is 0 Å². The van der Waals surface area contributed by atoms with Crippen LogP contribution in [0, 0.1) is 5.92 Å². The van der Waals surface area contributed by atoms with E-state index in [1.165, 1.54) is 18.4 Å². The summed E-state index contributed by atoms with van der Waals surface area (Å²) in [7, 11) is 0.0111. The van der Waals surface area contributed by atoms with Crippen molar-refractivity contribution in [1.29, 1.82) is 0 Å². The van der Waals surface area contributed by atoms with Gasteiger partial charge in [0.1, 0.15) is 5.75 Å². The molecule has 1 aromatic rings. The lowest BCUT2D eigenvalue weighted by Gasteiger charge is -2.39. The van der Waals surface area contributed by atoms with E-state index in [1.807, 2.05) is 12.1 Å².